The van der Waals surface area contributed by atoms with E-state index in [-0.39, 0.29) is 5.91 Å². The lowest BCUT2D eigenvalue weighted by atomic mass is 10.0. The molecule has 1 aliphatic carbocycles. The summed E-state index contributed by atoms with van der Waals surface area (Å²) in [5.41, 5.74) is 3.16. The quantitative estimate of drug-likeness (QED) is 0.717. The Hall–Kier alpha value is -1.32. The first-order valence-electron chi connectivity index (χ1n) is 7.79. The summed E-state index contributed by atoms with van der Waals surface area (Å²) in [5.74, 6) is 0.0844. The van der Waals surface area contributed by atoms with Gasteiger partial charge in [0, 0.05) is 18.0 Å². The maximum Gasteiger partial charge on any atom is 0.256 e. The fraction of sp³-hybridized carbons (Fsp3) is 0.389. The highest BCUT2D eigenvalue weighted by Crippen LogP contribution is 2.36. The summed E-state index contributed by atoms with van der Waals surface area (Å²) in [4.78, 5) is 15.7. The number of amides is 1. The van der Waals surface area contributed by atoms with Crippen molar-refractivity contribution in [2.45, 2.75) is 32.6 Å². The van der Waals surface area contributed by atoms with E-state index < -0.39 is 0 Å². The summed E-state index contributed by atoms with van der Waals surface area (Å²) in [6.07, 6.45) is 12.7. The monoisotopic (exact) mass is 333 g/mol. The highest BCUT2D eigenvalue weighted by molar-refractivity contribution is 7.17. The predicted octanol–water partition coefficient (Wildman–Crippen LogP) is 5.32. The number of thiophene rings is 1. The van der Waals surface area contributed by atoms with Crippen molar-refractivity contribution in [3.05, 3.63) is 50.7 Å². The Bertz CT molecular complexity index is 663. The molecular formula is C18H20ClNOS. The molecule has 0 bridgehead atoms. The normalized spacial score (nSPS) is 18.7. The number of hydrogen-bond donors (Lipinski definition) is 0. The first kappa shape index (κ1) is 15.6. The van der Waals surface area contributed by atoms with Gasteiger partial charge in [0.05, 0.1) is 5.56 Å². The molecule has 0 N–H and O–H groups in total. The van der Waals surface area contributed by atoms with Crippen molar-refractivity contribution in [2.75, 3.05) is 13.1 Å². The van der Waals surface area contributed by atoms with Crippen LogP contribution in [0.25, 0.3) is 5.57 Å². The fourth-order valence-corrected chi connectivity index (χ4v) is 4.30. The Morgan fingerprint density at radius 3 is 2.77 bits per heavy atom. The summed E-state index contributed by atoms with van der Waals surface area (Å²) in [6, 6.07) is 1.97. The third-order valence-electron chi connectivity index (χ3n) is 4.22. The minimum Gasteiger partial charge on any atom is -0.339 e. The van der Waals surface area contributed by atoms with Crippen LogP contribution in [0.1, 0.15) is 47.8 Å². The molecule has 0 unspecified atom stereocenters. The van der Waals surface area contributed by atoms with Crippen molar-refractivity contribution < 1.29 is 4.79 Å². The first-order valence-corrected chi connectivity index (χ1v) is 8.98. The predicted molar refractivity (Wildman–Crippen MR) is 94.6 cm³/mol. The molecule has 1 aromatic rings. The molecule has 2 nitrogen and oxygen atoms in total. The van der Waals surface area contributed by atoms with Crippen LogP contribution in [-0.2, 0) is 0 Å². The zero-order chi connectivity index (χ0) is 15.5. The molecule has 4 heteroatoms. The Labute approximate surface area is 140 Å². The number of hydrogen-bond acceptors (Lipinski definition) is 2. The summed E-state index contributed by atoms with van der Waals surface area (Å²) < 4.78 is 0.608. The Morgan fingerprint density at radius 2 is 2.00 bits per heavy atom. The molecule has 2 heterocycles. The van der Waals surface area contributed by atoms with Gasteiger partial charge in [-0.15, -0.1) is 11.3 Å². The van der Waals surface area contributed by atoms with Crippen LogP contribution >= 0.6 is 22.9 Å². The van der Waals surface area contributed by atoms with E-state index in [1.54, 1.807) is 0 Å². The zero-order valence-electron chi connectivity index (χ0n) is 12.8. The summed E-state index contributed by atoms with van der Waals surface area (Å²) in [5, 5.41) is 0. The lowest BCUT2D eigenvalue weighted by Crippen LogP contribution is -2.35. The minimum absolute atomic E-state index is 0.0844. The van der Waals surface area contributed by atoms with Crippen molar-refractivity contribution in [3.63, 3.8) is 0 Å². The number of allylic oxidation sites excluding steroid dienone is 6. The number of rotatable bonds is 2. The highest BCUT2D eigenvalue weighted by Gasteiger charge is 2.23. The maximum absolute atomic E-state index is 12.7. The van der Waals surface area contributed by atoms with Gasteiger partial charge in [-0.2, -0.15) is 0 Å². The fourth-order valence-electron chi connectivity index (χ4n) is 2.93. The van der Waals surface area contributed by atoms with Gasteiger partial charge in [-0.05, 0) is 44.2 Å². The molecule has 1 aliphatic heterocycles. The van der Waals surface area contributed by atoms with Gasteiger partial charge in [0.1, 0.15) is 4.34 Å². The molecule has 0 aromatic carbocycles. The van der Waals surface area contributed by atoms with Crippen molar-refractivity contribution in [1.29, 1.82) is 0 Å². The zero-order valence-corrected chi connectivity index (χ0v) is 14.3. The molecular weight excluding hydrogens is 314 g/mol. The molecule has 2 aliphatic rings. The first-order chi connectivity index (χ1) is 10.7. The number of likely N-dealkylation sites (tertiary alicyclic amines) is 1. The largest absolute Gasteiger partial charge is 0.339 e. The van der Waals surface area contributed by atoms with E-state index in [9.17, 15) is 4.79 Å². The Kier molecular flexibility index (Phi) is 4.84. The molecule has 0 spiro atoms. The lowest BCUT2D eigenvalue weighted by Gasteiger charge is -2.26. The van der Waals surface area contributed by atoms with Gasteiger partial charge in [-0.25, -0.2) is 0 Å². The van der Waals surface area contributed by atoms with E-state index in [4.69, 9.17) is 11.6 Å². The minimum atomic E-state index is 0.0844. The van der Waals surface area contributed by atoms with Gasteiger partial charge in [0.2, 0.25) is 0 Å². The standard InChI is InChI=1S/C18H20ClNOS/c1-13-8-4-2-5-9-14(13)16-12-15(17(19)22-16)18(21)20-10-6-3-7-11-20/h2,4-5,9,12H,3,6-8,10-11H2,1H3. The van der Waals surface area contributed by atoms with E-state index in [2.05, 4.69) is 25.2 Å². The molecule has 22 heavy (non-hydrogen) atoms. The summed E-state index contributed by atoms with van der Waals surface area (Å²) in [7, 11) is 0. The highest BCUT2D eigenvalue weighted by atomic mass is 35.5. The maximum atomic E-state index is 12.7. The van der Waals surface area contributed by atoms with Gasteiger partial charge >= 0.3 is 0 Å². The molecule has 3 rings (SSSR count). The third kappa shape index (κ3) is 3.21. The molecule has 0 radical (unpaired) electrons. The molecule has 1 aromatic heterocycles. The topological polar surface area (TPSA) is 20.3 Å². The number of piperidine rings is 1. The average Bonchev–Trinajstić information content (AvgIpc) is 2.78. The van der Waals surface area contributed by atoms with Crippen LogP contribution in [-0.4, -0.2) is 23.9 Å². The molecule has 1 fully saturated rings. The summed E-state index contributed by atoms with van der Waals surface area (Å²) in [6.45, 7) is 3.84. The van der Waals surface area contributed by atoms with Crippen LogP contribution in [0, 0.1) is 0 Å². The lowest BCUT2D eigenvalue weighted by molar-refractivity contribution is 0.0725. The van der Waals surface area contributed by atoms with E-state index >= 15 is 0 Å². The number of halogens is 1. The second-order valence-electron chi connectivity index (χ2n) is 5.84. The summed E-state index contributed by atoms with van der Waals surface area (Å²) >= 11 is 7.88. The Morgan fingerprint density at radius 1 is 1.23 bits per heavy atom. The van der Waals surface area contributed by atoms with Crippen LogP contribution in [0.15, 0.2) is 35.9 Å². The van der Waals surface area contributed by atoms with Crippen molar-refractivity contribution >= 4 is 34.4 Å². The van der Waals surface area contributed by atoms with Gasteiger partial charge in [0.25, 0.3) is 5.91 Å². The number of carbonyl (C=O) groups excluding carboxylic acids is 1. The van der Waals surface area contributed by atoms with E-state index in [0.29, 0.717) is 9.90 Å². The Balaban J connectivity index is 1.89. The average molecular weight is 334 g/mol. The molecule has 0 atom stereocenters. The van der Waals surface area contributed by atoms with Crippen molar-refractivity contribution in [3.8, 4) is 0 Å². The van der Waals surface area contributed by atoms with E-state index in [1.807, 2.05) is 17.0 Å². The van der Waals surface area contributed by atoms with Crippen LogP contribution in [0.4, 0.5) is 0 Å². The smallest absolute Gasteiger partial charge is 0.256 e. The van der Waals surface area contributed by atoms with Gasteiger partial charge in [-0.1, -0.05) is 41.5 Å². The van der Waals surface area contributed by atoms with Crippen LogP contribution in [0.3, 0.4) is 0 Å². The van der Waals surface area contributed by atoms with Crippen molar-refractivity contribution in [2.24, 2.45) is 0 Å². The second kappa shape index (κ2) is 6.84. The number of carbonyl (C=O) groups is 1. The SMILES string of the molecule is CC1=C(c2cc(C(=O)N3CCCCC3)c(Cl)s2)C=CC=CC1. The van der Waals surface area contributed by atoms with E-state index in [0.717, 1.165) is 37.2 Å². The van der Waals surface area contributed by atoms with Gasteiger partial charge in [-0.3, -0.25) is 4.79 Å². The molecule has 1 amide bonds. The second-order valence-corrected chi connectivity index (χ2v) is 7.49. The van der Waals surface area contributed by atoms with Gasteiger partial charge < -0.3 is 4.90 Å². The molecule has 0 saturated carbocycles. The third-order valence-corrected chi connectivity index (χ3v) is 5.61. The van der Waals surface area contributed by atoms with Crippen molar-refractivity contribution in [1.82, 2.24) is 4.90 Å². The molecule has 116 valence electrons. The van der Waals surface area contributed by atoms with Gasteiger partial charge in [0.15, 0.2) is 0 Å². The van der Waals surface area contributed by atoms with E-state index in [1.165, 1.54) is 28.9 Å². The molecule has 1 saturated heterocycles. The van der Waals surface area contributed by atoms with Crippen LogP contribution in [0.2, 0.25) is 4.34 Å². The van der Waals surface area contributed by atoms with Crippen LogP contribution < -0.4 is 0 Å². The number of nitrogens with zero attached hydrogens (tertiary/aromatic N) is 1. The van der Waals surface area contributed by atoms with Crippen LogP contribution in [0.5, 0.6) is 0 Å².